The molecule has 0 aliphatic rings. The molecule has 0 bridgehead atoms. The van der Waals surface area contributed by atoms with Gasteiger partial charge in [0.15, 0.2) is 0 Å². The summed E-state index contributed by atoms with van der Waals surface area (Å²) in [7, 11) is 0. The van der Waals surface area contributed by atoms with Crippen molar-refractivity contribution >= 4 is 17.9 Å². The summed E-state index contributed by atoms with van der Waals surface area (Å²) in [5.41, 5.74) is -0.117. The predicted molar refractivity (Wildman–Crippen MR) is 72.5 cm³/mol. The molecule has 0 aromatic heterocycles. The van der Waals surface area contributed by atoms with Crippen molar-refractivity contribution < 1.29 is 19.3 Å². The van der Waals surface area contributed by atoms with Crippen molar-refractivity contribution in [1.82, 2.24) is 0 Å². The van der Waals surface area contributed by atoms with Gasteiger partial charge in [-0.15, -0.1) is 0 Å². The van der Waals surface area contributed by atoms with Gasteiger partial charge in [-0.05, 0) is 20.8 Å². The smallest absolute Gasteiger partial charge is 0.347 e. The molecule has 1 aromatic rings. The Balaban J connectivity index is 2.47. The largest absolute Gasteiger partial charge is 0.457 e. The van der Waals surface area contributed by atoms with Crippen molar-refractivity contribution in [2.45, 2.75) is 26.4 Å². The fraction of sp³-hybridized carbons (Fsp3) is 0.385. The number of hydrogen-bond acceptors (Lipinski definition) is 6. The van der Waals surface area contributed by atoms with E-state index in [1.807, 2.05) is 0 Å². The monoisotopic (exact) mass is 280 g/mol. The molecule has 0 saturated carbocycles. The molecule has 0 heterocycles. The van der Waals surface area contributed by atoms with E-state index in [4.69, 9.17) is 9.57 Å². The number of hydrogen-bond donors (Lipinski definition) is 0. The highest BCUT2D eigenvalue weighted by Crippen LogP contribution is 2.11. The SMILES string of the molecule is CC(C)(C)OC(=O)CON=Cc1cccc([N+](=O)[O-])c1. The van der Waals surface area contributed by atoms with E-state index >= 15 is 0 Å². The van der Waals surface area contributed by atoms with Crippen molar-refractivity contribution in [2.75, 3.05) is 6.61 Å². The third kappa shape index (κ3) is 5.94. The molecule has 0 spiro atoms. The van der Waals surface area contributed by atoms with Crippen LogP contribution < -0.4 is 0 Å². The summed E-state index contributed by atoms with van der Waals surface area (Å²) >= 11 is 0. The molecular weight excluding hydrogens is 264 g/mol. The van der Waals surface area contributed by atoms with Crippen molar-refractivity contribution in [3.05, 3.63) is 39.9 Å². The summed E-state index contributed by atoms with van der Waals surface area (Å²) in [5, 5.41) is 14.1. The van der Waals surface area contributed by atoms with Crippen molar-refractivity contribution in [3.8, 4) is 0 Å². The van der Waals surface area contributed by atoms with Gasteiger partial charge >= 0.3 is 5.97 Å². The van der Waals surface area contributed by atoms with Crippen LogP contribution in [-0.4, -0.2) is 29.3 Å². The van der Waals surface area contributed by atoms with E-state index in [2.05, 4.69) is 5.16 Å². The van der Waals surface area contributed by atoms with E-state index in [1.165, 1.54) is 24.4 Å². The summed E-state index contributed by atoms with van der Waals surface area (Å²) in [6.07, 6.45) is 1.29. The Morgan fingerprint density at radius 1 is 1.45 bits per heavy atom. The third-order valence-corrected chi connectivity index (χ3v) is 1.96. The van der Waals surface area contributed by atoms with Crippen LogP contribution in [0.25, 0.3) is 0 Å². The number of ether oxygens (including phenoxy) is 1. The highest BCUT2D eigenvalue weighted by molar-refractivity contribution is 5.80. The van der Waals surface area contributed by atoms with Crippen LogP contribution in [0.2, 0.25) is 0 Å². The summed E-state index contributed by atoms with van der Waals surface area (Å²) in [4.78, 5) is 26.1. The number of nitro groups is 1. The van der Waals surface area contributed by atoms with E-state index in [0.717, 1.165) is 0 Å². The first-order chi connectivity index (χ1) is 9.28. The zero-order chi connectivity index (χ0) is 15.2. The van der Waals surface area contributed by atoms with Crippen LogP contribution in [0.1, 0.15) is 26.3 Å². The summed E-state index contributed by atoms with van der Waals surface area (Å²) in [6, 6.07) is 5.89. The van der Waals surface area contributed by atoms with Crippen molar-refractivity contribution in [1.29, 1.82) is 0 Å². The Hall–Kier alpha value is -2.44. The highest BCUT2D eigenvalue weighted by atomic mass is 16.7. The van der Waals surface area contributed by atoms with Crippen LogP contribution in [-0.2, 0) is 14.4 Å². The lowest BCUT2D eigenvalue weighted by Gasteiger charge is -2.18. The number of benzene rings is 1. The first-order valence-electron chi connectivity index (χ1n) is 5.89. The normalized spacial score (nSPS) is 11.3. The number of carbonyl (C=O) groups is 1. The number of esters is 1. The summed E-state index contributed by atoms with van der Waals surface area (Å²) in [5.74, 6) is -0.534. The topological polar surface area (TPSA) is 91.0 Å². The van der Waals surface area contributed by atoms with E-state index in [1.54, 1.807) is 26.8 Å². The molecule has 0 N–H and O–H groups in total. The van der Waals surface area contributed by atoms with E-state index in [-0.39, 0.29) is 12.3 Å². The minimum absolute atomic E-state index is 0.0407. The summed E-state index contributed by atoms with van der Waals surface area (Å²) in [6.45, 7) is 4.93. The quantitative estimate of drug-likeness (QED) is 0.357. The Morgan fingerprint density at radius 2 is 2.15 bits per heavy atom. The number of nitro benzene ring substituents is 1. The summed E-state index contributed by atoms with van der Waals surface area (Å²) < 4.78 is 5.01. The number of oxime groups is 1. The lowest BCUT2D eigenvalue weighted by molar-refractivity contribution is -0.384. The van der Waals surface area contributed by atoms with Gasteiger partial charge in [0.05, 0.1) is 11.1 Å². The average molecular weight is 280 g/mol. The molecule has 0 unspecified atom stereocenters. The average Bonchev–Trinajstić information content (AvgIpc) is 2.33. The van der Waals surface area contributed by atoms with Gasteiger partial charge in [-0.1, -0.05) is 17.3 Å². The van der Waals surface area contributed by atoms with Gasteiger partial charge in [0, 0.05) is 17.7 Å². The number of non-ortho nitro benzene ring substituents is 1. The Morgan fingerprint density at radius 3 is 2.75 bits per heavy atom. The number of carbonyl (C=O) groups excluding carboxylic acids is 1. The number of nitrogens with zero attached hydrogens (tertiary/aromatic N) is 2. The molecule has 0 aliphatic heterocycles. The van der Waals surface area contributed by atoms with Crippen LogP contribution in [0.3, 0.4) is 0 Å². The standard InChI is InChI=1S/C13H16N2O5/c1-13(2,3)20-12(16)9-19-14-8-10-5-4-6-11(7-10)15(17)18/h4-8H,9H2,1-3H3. The second-order valence-corrected chi connectivity index (χ2v) is 4.95. The Bertz CT molecular complexity index is 520. The van der Waals surface area contributed by atoms with Crippen LogP contribution in [0.15, 0.2) is 29.4 Å². The van der Waals surface area contributed by atoms with Gasteiger partial charge in [0.25, 0.3) is 5.69 Å². The van der Waals surface area contributed by atoms with Gasteiger partial charge < -0.3 is 9.57 Å². The van der Waals surface area contributed by atoms with Crippen molar-refractivity contribution in [2.24, 2.45) is 5.16 Å². The second-order valence-electron chi connectivity index (χ2n) is 4.95. The molecule has 20 heavy (non-hydrogen) atoms. The first kappa shape index (κ1) is 15.6. The van der Waals surface area contributed by atoms with Gasteiger partial charge in [0.1, 0.15) is 5.60 Å². The van der Waals surface area contributed by atoms with E-state index < -0.39 is 16.5 Å². The minimum Gasteiger partial charge on any atom is -0.457 e. The lowest BCUT2D eigenvalue weighted by atomic mass is 10.2. The highest BCUT2D eigenvalue weighted by Gasteiger charge is 2.16. The van der Waals surface area contributed by atoms with Crippen LogP contribution >= 0.6 is 0 Å². The first-order valence-corrected chi connectivity index (χ1v) is 5.89. The van der Waals surface area contributed by atoms with Gasteiger partial charge in [-0.25, -0.2) is 4.79 Å². The predicted octanol–water partition coefficient (Wildman–Crippen LogP) is 2.29. The molecule has 0 aliphatic carbocycles. The maximum Gasteiger partial charge on any atom is 0.347 e. The lowest BCUT2D eigenvalue weighted by Crippen LogP contribution is -2.26. The van der Waals surface area contributed by atoms with Crippen molar-refractivity contribution in [3.63, 3.8) is 0 Å². The van der Waals surface area contributed by atoms with Gasteiger partial charge in [-0.2, -0.15) is 0 Å². The van der Waals surface area contributed by atoms with Gasteiger partial charge in [0.2, 0.25) is 6.61 Å². The molecule has 0 fully saturated rings. The van der Waals surface area contributed by atoms with Crippen LogP contribution in [0.4, 0.5) is 5.69 Å². The van der Waals surface area contributed by atoms with Gasteiger partial charge in [-0.3, -0.25) is 10.1 Å². The Labute approximate surface area is 116 Å². The minimum atomic E-state index is -0.579. The molecule has 0 radical (unpaired) electrons. The fourth-order valence-electron chi connectivity index (χ4n) is 1.28. The third-order valence-electron chi connectivity index (χ3n) is 1.96. The molecule has 7 nitrogen and oxygen atoms in total. The van der Waals surface area contributed by atoms with Crippen LogP contribution in [0, 0.1) is 10.1 Å². The number of rotatable bonds is 5. The molecule has 108 valence electrons. The van der Waals surface area contributed by atoms with E-state index in [0.29, 0.717) is 5.56 Å². The zero-order valence-corrected chi connectivity index (χ0v) is 11.5. The molecular formula is C13H16N2O5. The molecule has 0 amide bonds. The molecule has 1 rings (SSSR count). The maximum atomic E-state index is 11.3. The fourth-order valence-corrected chi connectivity index (χ4v) is 1.28. The molecule has 0 atom stereocenters. The second kappa shape index (κ2) is 6.65. The molecule has 7 heteroatoms. The zero-order valence-electron chi connectivity index (χ0n) is 11.5. The molecule has 0 saturated heterocycles. The Kier molecular flexibility index (Phi) is 5.19. The van der Waals surface area contributed by atoms with E-state index in [9.17, 15) is 14.9 Å². The van der Waals surface area contributed by atoms with Crippen LogP contribution in [0.5, 0.6) is 0 Å². The molecule has 1 aromatic carbocycles. The maximum absolute atomic E-state index is 11.3.